The highest BCUT2D eigenvalue weighted by Gasteiger charge is 1.99. The van der Waals surface area contributed by atoms with Crippen molar-refractivity contribution in [1.82, 2.24) is 4.98 Å². The highest BCUT2D eigenvalue weighted by atomic mass is 16.1. The minimum Gasteiger partial charge on any atom is -0.370 e. The fourth-order valence-corrected chi connectivity index (χ4v) is 1.04. The quantitative estimate of drug-likeness (QED) is 0.718. The molecule has 1 aromatic heterocycles. The van der Waals surface area contributed by atoms with Gasteiger partial charge in [0.2, 0.25) is 5.91 Å². The van der Waals surface area contributed by atoms with E-state index in [0.29, 0.717) is 12.8 Å². The van der Waals surface area contributed by atoms with Crippen molar-refractivity contribution in [2.24, 2.45) is 5.73 Å². The number of nitrogens with zero attached hydrogens (tertiary/aromatic N) is 1. The lowest BCUT2D eigenvalue weighted by molar-refractivity contribution is -0.117. The minimum absolute atomic E-state index is 0.266. The van der Waals surface area contributed by atoms with Crippen molar-refractivity contribution in [3.8, 4) is 0 Å². The molecule has 0 aliphatic rings. The lowest BCUT2D eigenvalue weighted by Gasteiger charge is -2.01. The van der Waals surface area contributed by atoms with Gasteiger partial charge in [0.15, 0.2) is 0 Å². The summed E-state index contributed by atoms with van der Waals surface area (Å²) in [7, 11) is 0. The Hall–Kier alpha value is -1.38. The molecule has 0 atom stereocenters. The summed E-state index contributed by atoms with van der Waals surface area (Å²) in [6.07, 6.45) is 2.82. The first-order valence-corrected chi connectivity index (χ1v) is 3.89. The van der Waals surface area contributed by atoms with Crippen LogP contribution in [0.1, 0.15) is 17.7 Å². The molecule has 0 radical (unpaired) electrons. The van der Waals surface area contributed by atoms with E-state index < -0.39 is 0 Å². The van der Waals surface area contributed by atoms with Crippen molar-refractivity contribution in [2.45, 2.75) is 19.8 Å². The zero-order chi connectivity index (χ0) is 8.97. The van der Waals surface area contributed by atoms with E-state index in [1.807, 2.05) is 19.1 Å². The first-order chi connectivity index (χ1) is 5.70. The van der Waals surface area contributed by atoms with Crippen LogP contribution in [0.3, 0.4) is 0 Å². The molecule has 0 saturated heterocycles. The molecule has 1 amide bonds. The van der Waals surface area contributed by atoms with Crippen LogP contribution in [0.2, 0.25) is 0 Å². The van der Waals surface area contributed by atoms with Crippen molar-refractivity contribution in [1.29, 1.82) is 0 Å². The second-order valence-corrected chi connectivity index (χ2v) is 2.71. The van der Waals surface area contributed by atoms with Crippen LogP contribution < -0.4 is 5.73 Å². The van der Waals surface area contributed by atoms with Crippen LogP contribution in [0.25, 0.3) is 0 Å². The Kier molecular flexibility index (Phi) is 2.80. The fraction of sp³-hybridized carbons (Fsp3) is 0.333. The molecule has 1 heterocycles. The molecule has 1 rings (SSSR count). The molecule has 3 heteroatoms. The van der Waals surface area contributed by atoms with Gasteiger partial charge in [0, 0.05) is 18.3 Å². The van der Waals surface area contributed by atoms with E-state index in [4.69, 9.17) is 5.73 Å². The average Bonchev–Trinajstić information content (AvgIpc) is 2.03. The zero-order valence-electron chi connectivity index (χ0n) is 7.08. The summed E-state index contributed by atoms with van der Waals surface area (Å²) in [6, 6.07) is 3.83. The van der Waals surface area contributed by atoms with Crippen LogP contribution in [0, 0.1) is 6.92 Å². The minimum atomic E-state index is -0.266. The molecule has 3 nitrogen and oxygen atoms in total. The smallest absolute Gasteiger partial charge is 0.217 e. The molecule has 0 aliphatic carbocycles. The number of aromatic nitrogens is 1. The van der Waals surface area contributed by atoms with Crippen molar-refractivity contribution < 1.29 is 4.79 Å². The number of hydrogen-bond donors (Lipinski definition) is 1. The van der Waals surface area contributed by atoms with E-state index in [1.165, 1.54) is 0 Å². The number of amides is 1. The average molecular weight is 164 g/mol. The molecule has 1 aromatic rings. The lowest BCUT2D eigenvalue weighted by atomic mass is 10.1. The van der Waals surface area contributed by atoms with E-state index in [-0.39, 0.29) is 5.91 Å². The van der Waals surface area contributed by atoms with Crippen LogP contribution in [0.15, 0.2) is 18.3 Å². The maximum absolute atomic E-state index is 10.5. The van der Waals surface area contributed by atoms with E-state index in [1.54, 1.807) is 6.20 Å². The molecule has 0 fully saturated rings. The number of primary amides is 1. The summed E-state index contributed by atoms with van der Waals surface area (Å²) in [5, 5.41) is 0. The Balaban J connectivity index is 2.63. The molecule has 2 N–H and O–H groups in total. The summed E-state index contributed by atoms with van der Waals surface area (Å²) < 4.78 is 0. The highest BCUT2D eigenvalue weighted by Crippen LogP contribution is 2.05. The number of aryl methyl sites for hydroxylation is 2. The van der Waals surface area contributed by atoms with Gasteiger partial charge in [-0.1, -0.05) is 6.07 Å². The fourth-order valence-electron chi connectivity index (χ4n) is 1.04. The second kappa shape index (κ2) is 3.85. The molecule has 12 heavy (non-hydrogen) atoms. The second-order valence-electron chi connectivity index (χ2n) is 2.71. The number of nitrogens with two attached hydrogens (primary N) is 1. The summed E-state index contributed by atoms with van der Waals surface area (Å²) in [6.45, 7) is 1.93. The molecule has 0 unspecified atom stereocenters. The first kappa shape index (κ1) is 8.71. The van der Waals surface area contributed by atoms with Crippen molar-refractivity contribution >= 4 is 5.91 Å². The zero-order valence-corrected chi connectivity index (χ0v) is 7.08. The summed E-state index contributed by atoms with van der Waals surface area (Å²) in [5.41, 5.74) is 7.10. The van der Waals surface area contributed by atoms with Crippen molar-refractivity contribution in [3.63, 3.8) is 0 Å². The summed E-state index contributed by atoms with van der Waals surface area (Å²) in [5.74, 6) is -0.266. The molecule has 0 aromatic carbocycles. The van der Waals surface area contributed by atoms with E-state index in [0.717, 1.165) is 11.3 Å². The molecule has 0 aliphatic heterocycles. The maximum Gasteiger partial charge on any atom is 0.217 e. The van der Waals surface area contributed by atoms with Gasteiger partial charge in [-0.05, 0) is 25.0 Å². The van der Waals surface area contributed by atoms with Gasteiger partial charge in [0.1, 0.15) is 0 Å². The van der Waals surface area contributed by atoms with Gasteiger partial charge < -0.3 is 5.73 Å². The van der Waals surface area contributed by atoms with Gasteiger partial charge >= 0.3 is 0 Å². The van der Waals surface area contributed by atoms with Crippen molar-refractivity contribution in [3.05, 3.63) is 29.6 Å². The highest BCUT2D eigenvalue weighted by molar-refractivity contribution is 5.74. The number of hydrogen-bond acceptors (Lipinski definition) is 2. The third-order valence-corrected chi connectivity index (χ3v) is 1.76. The molecule has 64 valence electrons. The van der Waals surface area contributed by atoms with Gasteiger partial charge in [0.05, 0.1) is 0 Å². The Morgan fingerprint density at radius 2 is 2.42 bits per heavy atom. The van der Waals surface area contributed by atoms with E-state index in [9.17, 15) is 4.79 Å². The largest absolute Gasteiger partial charge is 0.370 e. The maximum atomic E-state index is 10.5. The summed E-state index contributed by atoms with van der Waals surface area (Å²) in [4.78, 5) is 14.6. The van der Waals surface area contributed by atoms with Gasteiger partial charge in [-0.25, -0.2) is 0 Å². The van der Waals surface area contributed by atoms with Crippen LogP contribution >= 0.6 is 0 Å². The number of pyridine rings is 1. The topological polar surface area (TPSA) is 56.0 Å². The number of carbonyl (C=O) groups is 1. The molecule has 0 bridgehead atoms. The van der Waals surface area contributed by atoms with Crippen LogP contribution in [0.5, 0.6) is 0 Å². The predicted molar refractivity (Wildman–Crippen MR) is 46.5 cm³/mol. The third kappa shape index (κ3) is 2.34. The molecular weight excluding hydrogens is 152 g/mol. The van der Waals surface area contributed by atoms with Crippen LogP contribution in [0.4, 0.5) is 0 Å². The Morgan fingerprint density at radius 1 is 1.67 bits per heavy atom. The molecule has 0 spiro atoms. The monoisotopic (exact) mass is 164 g/mol. The van der Waals surface area contributed by atoms with E-state index in [2.05, 4.69) is 4.98 Å². The van der Waals surface area contributed by atoms with Crippen LogP contribution in [-0.2, 0) is 11.2 Å². The Labute approximate surface area is 71.6 Å². The summed E-state index contributed by atoms with van der Waals surface area (Å²) >= 11 is 0. The lowest BCUT2D eigenvalue weighted by Crippen LogP contribution is -2.11. The number of carbonyl (C=O) groups excluding carboxylic acids is 1. The molecule has 0 saturated carbocycles. The van der Waals surface area contributed by atoms with Gasteiger partial charge in [-0.3, -0.25) is 9.78 Å². The van der Waals surface area contributed by atoms with E-state index >= 15 is 0 Å². The number of rotatable bonds is 3. The predicted octanol–water partition coefficient (Wildman–Crippen LogP) is 0.808. The first-order valence-electron chi connectivity index (χ1n) is 3.89. The SMILES string of the molecule is Cc1ncccc1CCC(N)=O. The van der Waals surface area contributed by atoms with Crippen LogP contribution in [-0.4, -0.2) is 10.9 Å². The molecular formula is C9H12N2O. The third-order valence-electron chi connectivity index (χ3n) is 1.76. The van der Waals surface area contributed by atoms with Gasteiger partial charge in [0.25, 0.3) is 0 Å². The van der Waals surface area contributed by atoms with Gasteiger partial charge in [-0.15, -0.1) is 0 Å². The standard InChI is InChI=1S/C9H12N2O/c1-7-8(3-2-6-11-7)4-5-9(10)12/h2-3,6H,4-5H2,1H3,(H2,10,12). The van der Waals surface area contributed by atoms with Crippen molar-refractivity contribution in [2.75, 3.05) is 0 Å². The Morgan fingerprint density at radius 3 is 3.00 bits per heavy atom. The Bertz CT molecular complexity index is 284. The van der Waals surface area contributed by atoms with Gasteiger partial charge in [-0.2, -0.15) is 0 Å². The normalized spacial score (nSPS) is 9.75.